The predicted octanol–water partition coefficient (Wildman–Crippen LogP) is 2.32. The van der Waals surface area contributed by atoms with E-state index in [2.05, 4.69) is 5.32 Å². The van der Waals surface area contributed by atoms with Crippen LogP contribution in [0.1, 0.15) is 31.9 Å². The van der Waals surface area contributed by atoms with Gasteiger partial charge in [0.05, 0.1) is 5.56 Å². The van der Waals surface area contributed by atoms with Crippen molar-refractivity contribution in [2.75, 3.05) is 13.1 Å². The number of carbonyl (C=O) groups excluding carboxylic acids is 2. The normalized spacial score (nSPS) is 13.6. The van der Waals surface area contributed by atoms with Crippen LogP contribution in [0.3, 0.4) is 0 Å². The molecule has 1 aromatic rings. The summed E-state index contributed by atoms with van der Waals surface area (Å²) in [6.07, 6.45) is -4.27. The van der Waals surface area contributed by atoms with Crippen LogP contribution < -0.4 is 5.32 Å². The fourth-order valence-corrected chi connectivity index (χ4v) is 2.53. The lowest BCUT2D eigenvalue weighted by Crippen LogP contribution is -2.48. The van der Waals surface area contributed by atoms with E-state index in [0.717, 1.165) is 17.0 Å². The molecule has 150 valence electrons. The highest BCUT2D eigenvalue weighted by atomic mass is 19.4. The number of alkyl halides is 3. The smallest absolute Gasteiger partial charge is 0.416 e. The highest BCUT2D eigenvalue weighted by molar-refractivity contribution is 5.85. The number of hydrogen-bond donors (Lipinski definition) is 2. The molecule has 0 aliphatic heterocycles. The van der Waals surface area contributed by atoms with Crippen molar-refractivity contribution in [2.24, 2.45) is 5.92 Å². The SMILES string of the molecule is CC(=O)NCCN(C(=O)C(C)Cc1ccc(C(F)(F)F)cc1)C(C)C(=O)O. The number of carboxylic acid groups (broad SMARTS) is 1. The van der Waals surface area contributed by atoms with Crippen LogP contribution in [0, 0.1) is 5.92 Å². The van der Waals surface area contributed by atoms with E-state index in [1.807, 2.05) is 0 Å². The number of carboxylic acids is 1. The van der Waals surface area contributed by atoms with Crippen molar-refractivity contribution >= 4 is 17.8 Å². The van der Waals surface area contributed by atoms with Crippen LogP contribution in [0.25, 0.3) is 0 Å². The van der Waals surface area contributed by atoms with Gasteiger partial charge in [-0.25, -0.2) is 4.79 Å². The van der Waals surface area contributed by atoms with Gasteiger partial charge in [-0.15, -0.1) is 0 Å². The second kappa shape index (κ2) is 9.38. The van der Waals surface area contributed by atoms with Crippen LogP contribution in [0.5, 0.6) is 0 Å². The van der Waals surface area contributed by atoms with Gasteiger partial charge in [0, 0.05) is 25.9 Å². The molecule has 0 aliphatic carbocycles. The first-order valence-corrected chi connectivity index (χ1v) is 8.37. The van der Waals surface area contributed by atoms with E-state index in [1.54, 1.807) is 6.92 Å². The lowest BCUT2D eigenvalue weighted by Gasteiger charge is -2.29. The Bertz CT molecular complexity index is 674. The first kappa shape index (κ1) is 22.5. The first-order valence-electron chi connectivity index (χ1n) is 8.37. The number of nitrogens with one attached hydrogen (secondary N) is 1. The highest BCUT2D eigenvalue weighted by Crippen LogP contribution is 2.29. The number of rotatable bonds is 8. The molecule has 0 radical (unpaired) electrons. The second-order valence-electron chi connectivity index (χ2n) is 6.33. The summed E-state index contributed by atoms with van der Waals surface area (Å²) < 4.78 is 37.8. The molecule has 1 aromatic carbocycles. The van der Waals surface area contributed by atoms with Crippen LogP contribution >= 0.6 is 0 Å². The van der Waals surface area contributed by atoms with Gasteiger partial charge in [0.2, 0.25) is 11.8 Å². The number of amides is 2. The maximum absolute atomic E-state index is 12.7. The Labute approximate surface area is 155 Å². The van der Waals surface area contributed by atoms with E-state index in [1.165, 1.54) is 26.0 Å². The molecule has 9 heteroatoms. The average Bonchev–Trinajstić information content (AvgIpc) is 2.57. The zero-order valence-electron chi connectivity index (χ0n) is 15.3. The van der Waals surface area contributed by atoms with E-state index < -0.39 is 35.6 Å². The molecule has 2 atom stereocenters. The van der Waals surface area contributed by atoms with E-state index in [0.29, 0.717) is 5.56 Å². The Hall–Kier alpha value is -2.58. The van der Waals surface area contributed by atoms with Crippen LogP contribution in [-0.4, -0.2) is 46.9 Å². The van der Waals surface area contributed by atoms with Gasteiger partial charge in [-0.2, -0.15) is 13.2 Å². The van der Waals surface area contributed by atoms with Gasteiger partial charge in [-0.3, -0.25) is 9.59 Å². The Kier molecular flexibility index (Phi) is 7.81. The largest absolute Gasteiger partial charge is 0.480 e. The molecule has 2 N–H and O–H groups in total. The molecule has 0 heterocycles. The molecule has 2 unspecified atom stereocenters. The maximum Gasteiger partial charge on any atom is 0.416 e. The lowest BCUT2D eigenvalue weighted by molar-refractivity contribution is -0.151. The minimum absolute atomic E-state index is 0.0171. The monoisotopic (exact) mass is 388 g/mol. The molecule has 1 rings (SSSR count). The van der Waals surface area contributed by atoms with Crippen molar-refractivity contribution in [3.8, 4) is 0 Å². The van der Waals surface area contributed by atoms with Gasteiger partial charge < -0.3 is 15.3 Å². The third-order valence-electron chi connectivity index (χ3n) is 4.08. The fourth-order valence-electron chi connectivity index (χ4n) is 2.53. The topological polar surface area (TPSA) is 86.7 Å². The molecule has 0 spiro atoms. The molecule has 6 nitrogen and oxygen atoms in total. The number of hydrogen-bond acceptors (Lipinski definition) is 3. The molecule has 2 amide bonds. The number of halogens is 3. The van der Waals surface area contributed by atoms with Crippen molar-refractivity contribution in [3.63, 3.8) is 0 Å². The number of aliphatic carboxylic acids is 1. The molecule has 0 aliphatic rings. The van der Waals surface area contributed by atoms with Crippen molar-refractivity contribution in [1.82, 2.24) is 10.2 Å². The third kappa shape index (κ3) is 6.92. The lowest BCUT2D eigenvalue weighted by atomic mass is 9.98. The van der Waals surface area contributed by atoms with Crippen LogP contribution in [0.15, 0.2) is 24.3 Å². The second-order valence-corrected chi connectivity index (χ2v) is 6.33. The molecule has 0 aromatic heterocycles. The van der Waals surface area contributed by atoms with Crippen LogP contribution in [0.4, 0.5) is 13.2 Å². The Morgan fingerprint density at radius 3 is 2.15 bits per heavy atom. The zero-order chi connectivity index (χ0) is 20.8. The number of carbonyl (C=O) groups is 3. The van der Waals surface area contributed by atoms with Crippen molar-refractivity contribution in [3.05, 3.63) is 35.4 Å². The third-order valence-corrected chi connectivity index (χ3v) is 4.08. The van der Waals surface area contributed by atoms with Gasteiger partial charge >= 0.3 is 12.1 Å². The van der Waals surface area contributed by atoms with Gasteiger partial charge in [-0.1, -0.05) is 19.1 Å². The Morgan fingerprint density at radius 1 is 1.15 bits per heavy atom. The van der Waals surface area contributed by atoms with E-state index in [4.69, 9.17) is 0 Å². The molecule has 0 bridgehead atoms. The number of nitrogens with zero attached hydrogens (tertiary/aromatic N) is 1. The summed E-state index contributed by atoms with van der Waals surface area (Å²) >= 11 is 0. The Balaban J connectivity index is 2.84. The molecule has 0 fully saturated rings. The predicted molar refractivity (Wildman–Crippen MR) is 91.8 cm³/mol. The summed E-state index contributed by atoms with van der Waals surface area (Å²) in [5, 5.41) is 11.7. The van der Waals surface area contributed by atoms with E-state index >= 15 is 0 Å². The molecule has 0 saturated heterocycles. The van der Waals surface area contributed by atoms with Crippen LogP contribution in [0.2, 0.25) is 0 Å². The fraction of sp³-hybridized carbons (Fsp3) is 0.500. The molecule has 0 saturated carbocycles. The summed E-state index contributed by atoms with van der Waals surface area (Å²) in [4.78, 5) is 36.0. The van der Waals surface area contributed by atoms with Crippen molar-refractivity contribution in [2.45, 2.75) is 39.4 Å². The minimum Gasteiger partial charge on any atom is -0.480 e. The summed E-state index contributed by atoms with van der Waals surface area (Å²) in [5.74, 6) is -2.58. The number of benzene rings is 1. The van der Waals surface area contributed by atoms with Crippen molar-refractivity contribution < 1.29 is 32.7 Å². The standard InChI is InChI=1S/C18H23F3N2O4/c1-11(10-14-4-6-15(7-5-14)18(19,20)21)16(25)23(12(2)17(26)27)9-8-22-13(3)24/h4-7,11-12H,8-10H2,1-3H3,(H,22,24)(H,26,27). The van der Waals surface area contributed by atoms with E-state index in [9.17, 15) is 32.7 Å². The average molecular weight is 388 g/mol. The first-order chi connectivity index (χ1) is 12.4. The van der Waals surface area contributed by atoms with Crippen molar-refractivity contribution in [1.29, 1.82) is 0 Å². The molecule has 27 heavy (non-hydrogen) atoms. The zero-order valence-corrected chi connectivity index (χ0v) is 15.3. The van der Waals surface area contributed by atoms with E-state index in [-0.39, 0.29) is 25.4 Å². The summed E-state index contributed by atoms with van der Waals surface area (Å²) in [5.41, 5.74) is -0.240. The van der Waals surface area contributed by atoms with Gasteiger partial charge in [0.25, 0.3) is 0 Å². The van der Waals surface area contributed by atoms with Gasteiger partial charge in [-0.05, 0) is 31.0 Å². The van der Waals surface area contributed by atoms with Gasteiger partial charge in [0.1, 0.15) is 6.04 Å². The molecular formula is C18H23F3N2O4. The summed E-state index contributed by atoms with van der Waals surface area (Å²) in [7, 11) is 0. The van der Waals surface area contributed by atoms with Crippen LogP contribution in [-0.2, 0) is 27.0 Å². The molecular weight excluding hydrogens is 365 g/mol. The Morgan fingerprint density at radius 2 is 1.70 bits per heavy atom. The summed E-state index contributed by atoms with van der Waals surface area (Å²) in [6, 6.07) is 3.40. The maximum atomic E-state index is 12.7. The van der Waals surface area contributed by atoms with Gasteiger partial charge in [0.15, 0.2) is 0 Å². The quantitative estimate of drug-likeness (QED) is 0.716. The highest BCUT2D eigenvalue weighted by Gasteiger charge is 2.31. The summed E-state index contributed by atoms with van der Waals surface area (Å²) in [6.45, 7) is 4.37. The minimum atomic E-state index is -4.43.